The first-order chi connectivity index (χ1) is 8.67. The molecular weight excluding hydrogens is 272 g/mol. The van der Waals surface area contributed by atoms with Crippen molar-refractivity contribution in [2.75, 3.05) is 14.2 Å². The van der Waals surface area contributed by atoms with Gasteiger partial charge in [0.25, 0.3) is 0 Å². The van der Waals surface area contributed by atoms with Crippen LogP contribution in [0.5, 0.6) is 11.5 Å². The Bertz CT molecular complexity index is 517. The minimum absolute atomic E-state index is 0.589. The zero-order valence-electron chi connectivity index (χ0n) is 10.0. The summed E-state index contributed by atoms with van der Waals surface area (Å²) in [5.74, 6) is 1.18. The third-order valence-corrected chi connectivity index (χ3v) is 3.89. The average molecular weight is 285 g/mol. The Balaban J connectivity index is 2.48. The highest BCUT2D eigenvalue weighted by molar-refractivity contribution is 7.16. The molecule has 0 saturated heterocycles. The maximum Gasteiger partial charge on any atom is 0.128 e. The zero-order chi connectivity index (χ0) is 13.1. The van der Waals surface area contributed by atoms with Gasteiger partial charge in [-0.3, -0.25) is 0 Å². The van der Waals surface area contributed by atoms with E-state index in [4.69, 9.17) is 21.1 Å². The van der Waals surface area contributed by atoms with E-state index in [1.165, 1.54) is 11.3 Å². The molecule has 0 bridgehead atoms. The number of halogens is 1. The summed E-state index contributed by atoms with van der Waals surface area (Å²) in [7, 11) is 3.12. The van der Waals surface area contributed by atoms with Crippen molar-refractivity contribution in [3.8, 4) is 11.5 Å². The van der Waals surface area contributed by atoms with E-state index in [9.17, 15) is 5.11 Å². The minimum Gasteiger partial charge on any atom is -0.496 e. The van der Waals surface area contributed by atoms with Crippen molar-refractivity contribution < 1.29 is 14.6 Å². The van der Waals surface area contributed by atoms with E-state index >= 15 is 0 Å². The van der Waals surface area contributed by atoms with E-state index in [0.717, 1.165) is 4.88 Å². The van der Waals surface area contributed by atoms with Gasteiger partial charge in [-0.1, -0.05) is 17.7 Å². The number of aliphatic hydroxyl groups is 1. The Morgan fingerprint density at radius 3 is 2.17 bits per heavy atom. The van der Waals surface area contributed by atoms with E-state index < -0.39 is 6.10 Å². The second kappa shape index (κ2) is 5.61. The Kier molecular flexibility index (Phi) is 4.11. The topological polar surface area (TPSA) is 38.7 Å². The molecule has 0 aliphatic rings. The molecule has 0 fully saturated rings. The van der Waals surface area contributed by atoms with Gasteiger partial charge in [0, 0.05) is 4.88 Å². The number of thiophene rings is 1. The Hall–Kier alpha value is -1.23. The van der Waals surface area contributed by atoms with Gasteiger partial charge in [-0.25, -0.2) is 0 Å². The largest absolute Gasteiger partial charge is 0.496 e. The molecule has 1 unspecified atom stereocenters. The predicted molar refractivity (Wildman–Crippen MR) is 72.9 cm³/mol. The molecule has 1 atom stereocenters. The summed E-state index contributed by atoms with van der Waals surface area (Å²) in [4.78, 5) is 0.753. The van der Waals surface area contributed by atoms with Gasteiger partial charge in [-0.05, 0) is 24.3 Å². The molecule has 3 nitrogen and oxygen atoms in total. The van der Waals surface area contributed by atoms with Crippen LogP contribution in [0.2, 0.25) is 4.34 Å². The molecule has 5 heteroatoms. The standard InChI is InChI=1S/C13H13ClO3S/c1-16-8-4-3-5-9(17-2)12(8)13(15)10-6-7-11(14)18-10/h3-7,13,15H,1-2H3. The first-order valence-corrected chi connectivity index (χ1v) is 6.51. The molecule has 18 heavy (non-hydrogen) atoms. The van der Waals surface area contributed by atoms with Crippen molar-refractivity contribution in [2.24, 2.45) is 0 Å². The third kappa shape index (κ3) is 2.46. The molecule has 1 N–H and O–H groups in total. The highest BCUT2D eigenvalue weighted by Crippen LogP contribution is 2.39. The maximum atomic E-state index is 10.4. The van der Waals surface area contributed by atoms with Gasteiger partial charge in [-0.15, -0.1) is 11.3 Å². The molecule has 0 saturated carbocycles. The fraction of sp³-hybridized carbons (Fsp3) is 0.231. The van der Waals surface area contributed by atoms with Gasteiger partial charge in [0.1, 0.15) is 17.6 Å². The monoisotopic (exact) mass is 284 g/mol. The van der Waals surface area contributed by atoms with Crippen molar-refractivity contribution >= 4 is 22.9 Å². The van der Waals surface area contributed by atoms with Gasteiger partial charge in [0.05, 0.1) is 24.1 Å². The lowest BCUT2D eigenvalue weighted by Gasteiger charge is -2.17. The smallest absolute Gasteiger partial charge is 0.128 e. The SMILES string of the molecule is COc1cccc(OC)c1C(O)c1ccc(Cl)s1. The van der Waals surface area contributed by atoms with Crippen LogP contribution in [0.15, 0.2) is 30.3 Å². The molecule has 1 heterocycles. The van der Waals surface area contributed by atoms with E-state index in [1.807, 2.05) is 6.07 Å². The average Bonchev–Trinajstić information content (AvgIpc) is 2.83. The molecule has 2 aromatic rings. The molecular formula is C13H13ClO3S. The summed E-state index contributed by atoms with van der Waals surface area (Å²) in [5, 5.41) is 10.4. The molecule has 0 amide bonds. The van der Waals surface area contributed by atoms with Crippen LogP contribution in [0.3, 0.4) is 0 Å². The summed E-state index contributed by atoms with van der Waals surface area (Å²) in [6.45, 7) is 0. The second-order valence-electron chi connectivity index (χ2n) is 3.62. The summed E-state index contributed by atoms with van der Waals surface area (Å²) >= 11 is 7.22. The van der Waals surface area contributed by atoms with Crippen molar-refractivity contribution in [2.45, 2.75) is 6.10 Å². The van der Waals surface area contributed by atoms with Crippen LogP contribution >= 0.6 is 22.9 Å². The van der Waals surface area contributed by atoms with Gasteiger partial charge in [0.2, 0.25) is 0 Å². The lowest BCUT2D eigenvalue weighted by molar-refractivity contribution is 0.212. The molecule has 2 rings (SSSR count). The first kappa shape index (κ1) is 13.2. The van der Waals surface area contributed by atoms with Gasteiger partial charge in [0.15, 0.2) is 0 Å². The maximum absolute atomic E-state index is 10.4. The molecule has 0 aliphatic heterocycles. The van der Waals surface area contributed by atoms with Crippen molar-refractivity contribution in [1.82, 2.24) is 0 Å². The highest BCUT2D eigenvalue weighted by atomic mass is 35.5. The number of ether oxygens (including phenoxy) is 2. The molecule has 0 aliphatic carbocycles. The summed E-state index contributed by atoms with van der Waals surface area (Å²) in [5.41, 5.74) is 0.612. The van der Waals surface area contributed by atoms with Crippen LogP contribution in [-0.4, -0.2) is 19.3 Å². The normalized spacial score (nSPS) is 12.2. The number of rotatable bonds is 4. The van der Waals surface area contributed by atoms with Crippen LogP contribution in [0.1, 0.15) is 16.5 Å². The van der Waals surface area contributed by atoms with Crippen LogP contribution in [0, 0.1) is 0 Å². The Morgan fingerprint density at radius 2 is 1.72 bits per heavy atom. The quantitative estimate of drug-likeness (QED) is 0.934. The van der Waals surface area contributed by atoms with E-state index in [0.29, 0.717) is 21.4 Å². The van der Waals surface area contributed by atoms with E-state index in [1.54, 1.807) is 38.5 Å². The number of hydrogen-bond donors (Lipinski definition) is 1. The van der Waals surface area contributed by atoms with Gasteiger partial charge in [-0.2, -0.15) is 0 Å². The van der Waals surface area contributed by atoms with Crippen LogP contribution in [0.25, 0.3) is 0 Å². The molecule has 1 aromatic heterocycles. The van der Waals surface area contributed by atoms with Crippen LogP contribution < -0.4 is 9.47 Å². The van der Waals surface area contributed by atoms with Gasteiger partial charge < -0.3 is 14.6 Å². The second-order valence-corrected chi connectivity index (χ2v) is 5.37. The third-order valence-electron chi connectivity index (χ3n) is 2.60. The lowest BCUT2D eigenvalue weighted by atomic mass is 10.1. The molecule has 96 valence electrons. The lowest BCUT2D eigenvalue weighted by Crippen LogP contribution is -2.03. The number of aliphatic hydroxyl groups excluding tert-OH is 1. The number of hydrogen-bond acceptors (Lipinski definition) is 4. The van der Waals surface area contributed by atoms with E-state index in [-0.39, 0.29) is 0 Å². The summed E-state index contributed by atoms with van der Waals surface area (Å²) < 4.78 is 11.2. The van der Waals surface area contributed by atoms with Crippen molar-refractivity contribution in [1.29, 1.82) is 0 Å². The Morgan fingerprint density at radius 1 is 1.11 bits per heavy atom. The van der Waals surface area contributed by atoms with Crippen LogP contribution in [-0.2, 0) is 0 Å². The summed E-state index contributed by atoms with van der Waals surface area (Å²) in [6.07, 6.45) is -0.811. The fourth-order valence-electron chi connectivity index (χ4n) is 1.77. The molecule has 1 aromatic carbocycles. The van der Waals surface area contributed by atoms with Crippen molar-refractivity contribution in [3.05, 3.63) is 45.1 Å². The van der Waals surface area contributed by atoms with Gasteiger partial charge >= 0.3 is 0 Å². The zero-order valence-corrected chi connectivity index (χ0v) is 11.6. The number of methoxy groups -OCH3 is 2. The predicted octanol–water partition coefficient (Wildman–Crippen LogP) is 3.50. The summed E-state index contributed by atoms with van der Waals surface area (Å²) in [6, 6.07) is 8.94. The fourth-order valence-corrected chi connectivity index (χ4v) is 2.82. The minimum atomic E-state index is -0.811. The van der Waals surface area contributed by atoms with Crippen molar-refractivity contribution in [3.63, 3.8) is 0 Å². The highest BCUT2D eigenvalue weighted by Gasteiger charge is 2.21. The molecule has 0 radical (unpaired) electrons. The van der Waals surface area contributed by atoms with E-state index in [2.05, 4.69) is 0 Å². The Labute approximate surface area is 115 Å². The molecule has 0 spiro atoms. The van der Waals surface area contributed by atoms with Crippen LogP contribution in [0.4, 0.5) is 0 Å². The number of benzene rings is 1. The first-order valence-electron chi connectivity index (χ1n) is 5.31.